The van der Waals surface area contributed by atoms with E-state index in [9.17, 15) is 5.26 Å². The van der Waals surface area contributed by atoms with Gasteiger partial charge in [0.05, 0.1) is 12.1 Å². The van der Waals surface area contributed by atoms with E-state index in [-0.39, 0.29) is 12.1 Å². The van der Waals surface area contributed by atoms with E-state index < -0.39 is 0 Å². The molecule has 0 saturated heterocycles. The lowest BCUT2D eigenvalue weighted by molar-refractivity contribution is 0.196. The summed E-state index contributed by atoms with van der Waals surface area (Å²) in [7, 11) is 0. The van der Waals surface area contributed by atoms with Gasteiger partial charge in [0, 0.05) is 12.1 Å². The van der Waals surface area contributed by atoms with Crippen LogP contribution in [0, 0.1) is 18.3 Å². The fourth-order valence-electron chi connectivity index (χ4n) is 3.03. The van der Waals surface area contributed by atoms with Gasteiger partial charge in [0.25, 0.3) is 0 Å². The van der Waals surface area contributed by atoms with Crippen LogP contribution in [0.15, 0.2) is 59.7 Å². The first kappa shape index (κ1) is 14.3. The molecule has 3 nitrogen and oxygen atoms in total. The number of hydrazone groups is 1. The molecule has 2 aromatic rings. The van der Waals surface area contributed by atoms with Crippen LogP contribution in [0.25, 0.3) is 0 Å². The Morgan fingerprint density at radius 1 is 1.09 bits per heavy atom. The zero-order chi connectivity index (χ0) is 15.5. The Morgan fingerprint density at radius 2 is 1.77 bits per heavy atom. The SMILES string of the molecule is CC1=NN([C@H](C#N)c2ccccc2C)[C@H](c2ccccc2)C1. The molecule has 0 radical (unpaired) electrons. The highest BCUT2D eigenvalue weighted by Gasteiger charge is 2.33. The molecule has 3 rings (SSSR count). The minimum atomic E-state index is -0.358. The average Bonchev–Trinajstić information content (AvgIpc) is 2.92. The third-order valence-electron chi connectivity index (χ3n) is 4.15. The fraction of sp³-hybridized carbons (Fsp3) is 0.263. The van der Waals surface area contributed by atoms with E-state index >= 15 is 0 Å². The van der Waals surface area contributed by atoms with Crippen LogP contribution in [0.2, 0.25) is 0 Å². The summed E-state index contributed by atoms with van der Waals surface area (Å²) in [6.45, 7) is 4.08. The van der Waals surface area contributed by atoms with Crippen molar-refractivity contribution in [2.24, 2.45) is 5.10 Å². The van der Waals surface area contributed by atoms with Crippen molar-refractivity contribution in [2.45, 2.75) is 32.4 Å². The Kier molecular flexibility index (Phi) is 3.93. The van der Waals surface area contributed by atoms with Crippen molar-refractivity contribution in [2.75, 3.05) is 0 Å². The molecule has 0 bridgehead atoms. The van der Waals surface area contributed by atoms with Crippen LogP contribution >= 0.6 is 0 Å². The number of hydrogen-bond acceptors (Lipinski definition) is 3. The van der Waals surface area contributed by atoms with Crippen molar-refractivity contribution in [3.63, 3.8) is 0 Å². The van der Waals surface area contributed by atoms with Crippen LogP contribution in [-0.2, 0) is 0 Å². The van der Waals surface area contributed by atoms with E-state index in [2.05, 4.69) is 23.3 Å². The molecule has 0 amide bonds. The minimum Gasteiger partial charge on any atom is -0.267 e. The standard InChI is InChI=1S/C19H19N3/c1-14-8-6-7-11-17(14)19(13-20)22-18(12-15(2)21-22)16-9-4-3-5-10-16/h3-11,18-19H,12H2,1-2H3/t18-,19+/m0/s1. The molecule has 0 aromatic heterocycles. The number of benzene rings is 2. The smallest absolute Gasteiger partial charge is 0.159 e. The van der Waals surface area contributed by atoms with Gasteiger partial charge in [-0.25, -0.2) is 0 Å². The lowest BCUT2D eigenvalue weighted by Crippen LogP contribution is -2.24. The van der Waals surface area contributed by atoms with Gasteiger partial charge in [0.2, 0.25) is 0 Å². The van der Waals surface area contributed by atoms with Crippen molar-refractivity contribution in [3.05, 3.63) is 71.3 Å². The van der Waals surface area contributed by atoms with Gasteiger partial charge in [-0.05, 0) is 30.5 Å². The molecule has 0 aliphatic carbocycles. The number of nitriles is 1. The first-order chi connectivity index (χ1) is 10.7. The highest BCUT2D eigenvalue weighted by Crippen LogP contribution is 2.38. The summed E-state index contributed by atoms with van der Waals surface area (Å²) in [5, 5.41) is 16.4. The van der Waals surface area contributed by atoms with Gasteiger partial charge < -0.3 is 0 Å². The van der Waals surface area contributed by atoms with Gasteiger partial charge >= 0.3 is 0 Å². The van der Waals surface area contributed by atoms with E-state index in [1.165, 1.54) is 5.56 Å². The van der Waals surface area contributed by atoms with Crippen LogP contribution in [-0.4, -0.2) is 10.7 Å². The predicted octanol–water partition coefficient (Wildman–Crippen LogP) is 4.38. The molecular weight excluding hydrogens is 270 g/mol. The average molecular weight is 289 g/mol. The molecule has 22 heavy (non-hydrogen) atoms. The Labute approximate surface area is 131 Å². The van der Waals surface area contributed by atoms with Crippen LogP contribution in [0.4, 0.5) is 0 Å². The van der Waals surface area contributed by atoms with Crippen molar-refractivity contribution >= 4 is 5.71 Å². The topological polar surface area (TPSA) is 39.4 Å². The van der Waals surface area contributed by atoms with E-state index in [0.29, 0.717) is 0 Å². The number of nitrogens with zero attached hydrogens (tertiary/aromatic N) is 3. The predicted molar refractivity (Wildman–Crippen MR) is 88.3 cm³/mol. The van der Waals surface area contributed by atoms with Crippen LogP contribution in [0.5, 0.6) is 0 Å². The Morgan fingerprint density at radius 3 is 2.45 bits per heavy atom. The van der Waals surface area contributed by atoms with Crippen molar-refractivity contribution < 1.29 is 0 Å². The summed E-state index contributed by atoms with van der Waals surface area (Å²) in [6.07, 6.45) is 0.869. The van der Waals surface area contributed by atoms with Crippen LogP contribution in [0.3, 0.4) is 0 Å². The zero-order valence-corrected chi connectivity index (χ0v) is 12.9. The summed E-state index contributed by atoms with van der Waals surface area (Å²) in [5.41, 5.74) is 4.43. The molecule has 0 N–H and O–H groups in total. The summed E-state index contributed by atoms with van der Waals surface area (Å²) >= 11 is 0. The Bertz CT molecular complexity index is 728. The molecule has 1 aliphatic rings. The maximum atomic E-state index is 9.75. The quantitative estimate of drug-likeness (QED) is 0.841. The molecule has 0 saturated carbocycles. The number of aryl methyl sites for hydroxylation is 1. The van der Waals surface area contributed by atoms with Crippen molar-refractivity contribution in [3.8, 4) is 6.07 Å². The maximum absolute atomic E-state index is 9.75. The molecular formula is C19H19N3. The second-order valence-electron chi connectivity index (χ2n) is 5.73. The monoisotopic (exact) mass is 289 g/mol. The van der Waals surface area contributed by atoms with Gasteiger partial charge in [-0.1, -0.05) is 54.6 Å². The van der Waals surface area contributed by atoms with Crippen LogP contribution < -0.4 is 0 Å². The molecule has 2 aromatic carbocycles. The zero-order valence-electron chi connectivity index (χ0n) is 12.9. The summed E-state index contributed by atoms with van der Waals surface area (Å²) in [6, 6.07) is 20.6. The summed E-state index contributed by atoms with van der Waals surface area (Å²) in [5.74, 6) is 0. The minimum absolute atomic E-state index is 0.130. The third kappa shape index (κ3) is 2.60. The van der Waals surface area contributed by atoms with Crippen molar-refractivity contribution in [1.29, 1.82) is 5.26 Å². The van der Waals surface area contributed by atoms with E-state index in [4.69, 9.17) is 0 Å². The largest absolute Gasteiger partial charge is 0.267 e. The van der Waals surface area contributed by atoms with Gasteiger partial charge in [-0.3, -0.25) is 5.01 Å². The van der Waals surface area contributed by atoms with Crippen molar-refractivity contribution in [1.82, 2.24) is 5.01 Å². The number of rotatable bonds is 3. The Balaban J connectivity index is 2.00. The maximum Gasteiger partial charge on any atom is 0.159 e. The summed E-state index contributed by atoms with van der Waals surface area (Å²) < 4.78 is 0. The molecule has 0 fully saturated rings. The summed E-state index contributed by atoms with van der Waals surface area (Å²) in [4.78, 5) is 0. The first-order valence-electron chi connectivity index (χ1n) is 7.53. The van der Waals surface area contributed by atoms with E-state index in [0.717, 1.165) is 23.3 Å². The van der Waals surface area contributed by atoms with E-state index in [1.54, 1.807) is 0 Å². The Hall–Kier alpha value is -2.60. The van der Waals surface area contributed by atoms with Crippen LogP contribution in [0.1, 0.15) is 42.1 Å². The second-order valence-corrected chi connectivity index (χ2v) is 5.73. The lowest BCUT2D eigenvalue weighted by atomic mass is 9.97. The highest BCUT2D eigenvalue weighted by molar-refractivity contribution is 5.84. The van der Waals surface area contributed by atoms with Gasteiger partial charge in [0.15, 0.2) is 6.04 Å². The molecule has 1 aliphatic heterocycles. The molecule has 3 heteroatoms. The first-order valence-corrected chi connectivity index (χ1v) is 7.53. The molecule has 0 spiro atoms. The van der Waals surface area contributed by atoms with Gasteiger partial charge in [-0.2, -0.15) is 10.4 Å². The number of hydrogen-bond donors (Lipinski definition) is 0. The molecule has 1 heterocycles. The van der Waals surface area contributed by atoms with Gasteiger partial charge in [0.1, 0.15) is 0 Å². The normalized spacial score (nSPS) is 18.7. The molecule has 2 atom stereocenters. The highest BCUT2D eigenvalue weighted by atomic mass is 15.5. The van der Waals surface area contributed by atoms with E-state index in [1.807, 2.05) is 61.3 Å². The third-order valence-corrected chi connectivity index (χ3v) is 4.15. The molecule has 0 unspecified atom stereocenters. The fourth-order valence-corrected chi connectivity index (χ4v) is 3.03. The second kappa shape index (κ2) is 6.03. The van der Waals surface area contributed by atoms with Gasteiger partial charge in [-0.15, -0.1) is 0 Å². The molecule has 110 valence electrons. The lowest BCUT2D eigenvalue weighted by Gasteiger charge is -2.29.